The normalized spacial score (nSPS) is 24.1. The van der Waals surface area contributed by atoms with E-state index in [2.05, 4.69) is 54.7 Å². The number of aliphatic hydroxyl groups is 1. The van der Waals surface area contributed by atoms with E-state index in [1.165, 1.54) is 16.3 Å². The van der Waals surface area contributed by atoms with Gasteiger partial charge in [0.05, 0.1) is 6.10 Å². The Morgan fingerprint density at radius 2 is 1.89 bits per heavy atom. The molecule has 3 rings (SSSR count). The molecular weight excluding hydrogens is 234 g/mol. The Kier molecular flexibility index (Phi) is 3.54. The van der Waals surface area contributed by atoms with Crippen molar-refractivity contribution in [2.75, 3.05) is 6.54 Å². The van der Waals surface area contributed by atoms with Crippen LogP contribution in [0, 0.1) is 5.92 Å². The molecule has 1 atom stereocenters. The van der Waals surface area contributed by atoms with Crippen molar-refractivity contribution in [3.05, 3.63) is 48.0 Å². The number of hydrogen-bond donors (Lipinski definition) is 2. The van der Waals surface area contributed by atoms with E-state index in [1.54, 1.807) is 0 Å². The van der Waals surface area contributed by atoms with Gasteiger partial charge in [-0.05, 0) is 48.6 Å². The molecule has 2 aromatic carbocycles. The number of hydrogen-bond acceptors (Lipinski definition) is 2. The van der Waals surface area contributed by atoms with Crippen molar-refractivity contribution in [2.24, 2.45) is 5.92 Å². The Bertz CT molecular complexity index is 555. The average Bonchev–Trinajstić information content (AvgIpc) is 2.41. The van der Waals surface area contributed by atoms with Crippen LogP contribution < -0.4 is 5.32 Å². The number of aliphatic hydroxyl groups excluding tert-OH is 1. The van der Waals surface area contributed by atoms with Crippen LogP contribution in [0.2, 0.25) is 0 Å². The fourth-order valence-corrected chi connectivity index (χ4v) is 2.95. The topological polar surface area (TPSA) is 32.3 Å². The van der Waals surface area contributed by atoms with Gasteiger partial charge in [-0.15, -0.1) is 0 Å². The van der Waals surface area contributed by atoms with E-state index in [4.69, 9.17) is 0 Å². The van der Waals surface area contributed by atoms with Crippen LogP contribution in [0.4, 0.5) is 0 Å². The summed E-state index contributed by atoms with van der Waals surface area (Å²) >= 11 is 0. The molecule has 0 aromatic heterocycles. The maximum Gasteiger partial charge on any atom is 0.0546 e. The molecule has 0 amide bonds. The van der Waals surface area contributed by atoms with Crippen molar-refractivity contribution in [1.82, 2.24) is 5.32 Å². The minimum atomic E-state index is -0.0559. The summed E-state index contributed by atoms with van der Waals surface area (Å²) in [5.74, 6) is 0.646. The molecule has 0 aliphatic heterocycles. The van der Waals surface area contributed by atoms with Gasteiger partial charge in [0.2, 0.25) is 0 Å². The molecule has 1 aliphatic rings. The van der Waals surface area contributed by atoms with Crippen molar-refractivity contribution < 1.29 is 5.11 Å². The summed E-state index contributed by atoms with van der Waals surface area (Å²) in [7, 11) is 0. The molecule has 0 radical (unpaired) electrons. The van der Waals surface area contributed by atoms with Crippen LogP contribution in [-0.2, 0) is 0 Å². The number of fused-ring (bicyclic) bond motifs is 1. The first kappa shape index (κ1) is 12.6. The van der Waals surface area contributed by atoms with Gasteiger partial charge in [-0.1, -0.05) is 42.5 Å². The maximum absolute atomic E-state index is 9.31. The van der Waals surface area contributed by atoms with E-state index in [1.807, 2.05) is 0 Å². The maximum atomic E-state index is 9.31. The van der Waals surface area contributed by atoms with Gasteiger partial charge >= 0.3 is 0 Å². The fourth-order valence-electron chi connectivity index (χ4n) is 2.95. The summed E-state index contributed by atoms with van der Waals surface area (Å²) in [6.45, 7) is 3.22. The third kappa shape index (κ3) is 2.65. The first-order valence-electron chi connectivity index (χ1n) is 7.13. The summed E-state index contributed by atoms with van der Waals surface area (Å²) in [5, 5.41) is 15.5. The van der Waals surface area contributed by atoms with Gasteiger partial charge in [-0.3, -0.25) is 0 Å². The Balaban J connectivity index is 1.72. The predicted octanol–water partition coefficient (Wildman–Crippen LogP) is 3.26. The van der Waals surface area contributed by atoms with E-state index in [0.717, 1.165) is 19.4 Å². The molecule has 2 nitrogen and oxygen atoms in total. The lowest BCUT2D eigenvalue weighted by molar-refractivity contribution is 0.0421. The molecule has 19 heavy (non-hydrogen) atoms. The molecule has 2 N–H and O–H groups in total. The quantitative estimate of drug-likeness (QED) is 0.879. The molecule has 1 aliphatic carbocycles. The van der Waals surface area contributed by atoms with Crippen LogP contribution >= 0.6 is 0 Å². The zero-order chi connectivity index (χ0) is 13.2. The molecule has 1 fully saturated rings. The third-order valence-electron chi connectivity index (χ3n) is 4.21. The first-order valence-corrected chi connectivity index (χ1v) is 7.13. The highest BCUT2D eigenvalue weighted by Gasteiger charge is 2.27. The zero-order valence-electron chi connectivity index (χ0n) is 11.3. The lowest BCUT2D eigenvalue weighted by atomic mass is 9.82. The number of benzene rings is 2. The Labute approximate surface area is 114 Å². The molecule has 2 aromatic rings. The van der Waals surface area contributed by atoms with E-state index in [9.17, 15) is 5.11 Å². The van der Waals surface area contributed by atoms with Crippen molar-refractivity contribution >= 4 is 10.8 Å². The van der Waals surface area contributed by atoms with Crippen molar-refractivity contribution in [2.45, 2.75) is 31.9 Å². The molecule has 1 unspecified atom stereocenters. The highest BCUT2D eigenvalue weighted by molar-refractivity contribution is 5.86. The molecule has 100 valence electrons. The van der Waals surface area contributed by atoms with Gasteiger partial charge in [0.25, 0.3) is 0 Å². The number of rotatable bonds is 4. The molecule has 0 heterocycles. The second kappa shape index (κ2) is 5.32. The standard InChI is InChI=1S/C17H21NO/c1-12(18-11-13-9-15(19)10-13)16-8-4-6-14-5-2-3-7-17(14)16/h2-8,12-13,15,18-19H,9-11H2,1H3. The highest BCUT2D eigenvalue weighted by Crippen LogP contribution is 2.28. The number of nitrogens with one attached hydrogen (secondary N) is 1. The van der Waals surface area contributed by atoms with Gasteiger partial charge in [-0.25, -0.2) is 0 Å². The minimum absolute atomic E-state index is 0.0559. The summed E-state index contributed by atoms with van der Waals surface area (Å²) in [4.78, 5) is 0. The Hall–Kier alpha value is -1.38. The van der Waals surface area contributed by atoms with Gasteiger partial charge < -0.3 is 10.4 Å². The van der Waals surface area contributed by atoms with E-state index < -0.39 is 0 Å². The second-order valence-electron chi connectivity index (χ2n) is 5.69. The van der Waals surface area contributed by atoms with Gasteiger partial charge in [0, 0.05) is 6.04 Å². The predicted molar refractivity (Wildman–Crippen MR) is 79.1 cm³/mol. The Morgan fingerprint density at radius 3 is 2.68 bits per heavy atom. The van der Waals surface area contributed by atoms with Crippen molar-refractivity contribution in [1.29, 1.82) is 0 Å². The minimum Gasteiger partial charge on any atom is -0.393 e. The highest BCUT2D eigenvalue weighted by atomic mass is 16.3. The van der Waals surface area contributed by atoms with Crippen molar-refractivity contribution in [3.63, 3.8) is 0 Å². The second-order valence-corrected chi connectivity index (χ2v) is 5.69. The summed E-state index contributed by atoms with van der Waals surface area (Å²) in [6, 6.07) is 15.4. The summed E-state index contributed by atoms with van der Waals surface area (Å²) in [6.07, 6.45) is 1.85. The Morgan fingerprint density at radius 1 is 1.16 bits per heavy atom. The molecule has 0 spiro atoms. The van der Waals surface area contributed by atoms with Crippen LogP contribution in [0.5, 0.6) is 0 Å². The van der Waals surface area contributed by atoms with Gasteiger partial charge in [-0.2, -0.15) is 0 Å². The van der Waals surface area contributed by atoms with Crippen LogP contribution in [0.15, 0.2) is 42.5 Å². The molecule has 1 saturated carbocycles. The zero-order valence-corrected chi connectivity index (χ0v) is 11.3. The molecule has 0 saturated heterocycles. The molecule has 2 heteroatoms. The summed E-state index contributed by atoms with van der Waals surface area (Å²) < 4.78 is 0. The van der Waals surface area contributed by atoms with Crippen molar-refractivity contribution in [3.8, 4) is 0 Å². The van der Waals surface area contributed by atoms with E-state index in [-0.39, 0.29) is 6.10 Å². The van der Waals surface area contributed by atoms with Crippen LogP contribution in [0.25, 0.3) is 10.8 Å². The largest absolute Gasteiger partial charge is 0.393 e. The smallest absolute Gasteiger partial charge is 0.0546 e. The lowest BCUT2D eigenvalue weighted by Gasteiger charge is -2.32. The van der Waals surface area contributed by atoms with Crippen LogP contribution in [0.1, 0.15) is 31.4 Å². The first-order chi connectivity index (χ1) is 9.24. The fraction of sp³-hybridized carbons (Fsp3) is 0.412. The van der Waals surface area contributed by atoms with Crippen LogP contribution in [-0.4, -0.2) is 17.8 Å². The molecular formula is C17H21NO. The van der Waals surface area contributed by atoms with Crippen LogP contribution in [0.3, 0.4) is 0 Å². The average molecular weight is 255 g/mol. The van der Waals surface area contributed by atoms with E-state index >= 15 is 0 Å². The van der Waals surface area contributed by atoms with Gasteiger partial charge in [0.15, 0.2) is 0 Å². The van der Waals surface area contributed by atoms with E-state index in [0.29, 0.717) is 12.0 Å². The molecule has 0 bridgehead atoms. The third-order valence-corrected chi connectivity index (χ3v) is 4.21. The monoisotopic (exact) mass is 255 g/mol. The SMILES string of the molecule is CC(NCC1CC(O)C1)c1cccc2ccccc12. The van der Waals surface area contributed by atoms with Gasteiger partial charge in [0.1, 0.15) is 0 Å². The lowest BCUT2D eigenvalue weighted by Crippen LogP contribution is -2.37. The summed E-state index contributed by atoms with van der Waals surface area (Å²) in [5.41, 5.74) is 1.36.